The summed E-state index contributed by atoms with van der Waals surface area (Å²) >= 11 is 6.24. The SMILES string of the molecule is CN(C)C(=O)c1ccc(Cl)cc1Nc1nccc(-c2cc(C#N)c3c(c2)C(C)(CO[Si](C)(C)C(C)(C)C)CN3)n1. The van der Waals surface area contributed by atoms with Crippen molar-refractivity contribution in [2.24, 2.45) is 0 Å². The first-order valence-corrected chi connectivity index (χ1v) is 16.5. The highest BCUT2D eigenvalue weighted by molar-refractivity contribution is 6.74. The van der Waals surface area contributed by atoms with Gasteiger partial charge in [-0.15, -0.1) is 0 Å². The predicted octanol–water partition coefficient (Wildman–Crippen LogP) is 6.82. The molecule has 0 saturated heterocycles. The molecule has 0 fully saturated rings. The summed E-state index contributed by atoms with van der Waals surface area (Å²) in [6, 6.07) is 13.1. The number of hydrogen-bond donors (Lipinski definition) is 2. The Balaban J connectivity index is 1.69. The smallest absolute Gasteiger partial charge is 0.255 e. The molecule has 40 heavy (non-hydrogen) atoms. The third-order valence-corrected chi connectivity index (χ3v) is 12.7. The molecule has 210 valence electrons. The van der Waals surface area contributed by atoms with Crippen molar-refractivity contribution < 1.29 is 9.22 Å². The second-order valence-corrected chi connectivity index (χ2v) is 17.5. The minimum absolute atomic E-state index is 0.0995. The highest BCUT2D eigenvalue weighted by Crippen LogP contribution is 2.44. The zero-order chi connectivity index (χ0) is 29.5. The lowest BCUT2D eigenvalue weighted by Gasteiger charge is -2.39. The molecule has 0 radical (unpaired) electrons. The fourth-order valence-corrected chi connectivity index (χ4v) is 5.64. The minimum Gasteiger partial charge on any atom is -0.416 e. The van der Waals surface area contributed by atoms with Gasteiger partial charge in [0.1, 0.15) is 6.07 Å². The summed E-state index contributed by atoms with van der Waals surface area (Å²) in [7, 11) is 1.42. The van der Waals surface area contributed by atoms with Crippen LogP contribution in [0.25, 0.3) is 11.3 Å². The second kappa shape index (κ2) is 10.8. The van der Waals surface area contributed by atoms with Crippen molar-refractivity contribution >= 4 is 43.1 Å². The molecule has 10 heteroatoms. The third kappa shape index (κ3) is 5.85. The van der Waals surface area contributed by atoms with Crippen LogP contribution in [0.1, 0.15) is 49.2 Å². The molecule has 0 spiro atoms. The van der Waals surface area contributed by atoms with E-state index in [1.165, 1.54) is 4.90 Å². The van der Waals surface area contributed by atoms with E-state index in [9.17, 15) is 10.1 Å². The molecule has 1 aliphatic rings. The second-order valence-electron chi connectivity index (χ2n) is 12.3. The summed E-state index contributed by atoms with van der Waals surface area (Å²) in [5.41, 5.74) is 4.57. The molecule has 2 heterocycles. The number of nitriles is 1. The summed E-state index contributed by atoms with van der Waals surface area (Å²) in [4.78, 5) is 23.3. The molecule has 1 atom stereocenters. The lowest BCUT2D eigenvalue weighted by atomic mass is 9.83. The molecule has 1 unspecified atom stereocenters. The summed E-state index contributed by atoms with van der Waals surface area (Å²) < 4.78 is 6.64. The average Bonchev–Trinajstić information content (AvgIpc) is 3.23. The number of benzene rings is 2. The Kier molecular flexibility index (Phi) is 8.01. The molecule has 2 aromatic carbocycles. The van der Waals surface area contributed by atoms with E-state index < -0.39 is 8.32 Å². The number of rotatable bonds is 7. The van der Waals surface area contributed by atoms with Crippen LogP contribution in [0.3, 0.4) is 0 Å². The van der Waals surface area contributed by atoms with E-state index >= 15 is 0 Å². The summed E-state index contributed by atoms with van der Waals surface area (Å²) in [5.74, 6) is 0.146. The fraction of sp³-hybridized carbons (Fsp3) is 0.400. The van der Waals surface area contributed by atoms with E-state index in [4.69, 9.17) is 21.0 Å². The minimum atomic E-state index is -1.97. The maximum atomic E-state index is 12.7. The van der Waals surface area contributed by atoms with Crippen molar-refractivity contribution in [3.8, 4) is 17.3 Å². The predicted molar refractivity (Wildman–Crippen MR) is 164 cm³/mol. The molecule has 1 amide bonds. The van der Waals surface area contributed by atoms with Crippen molar-refractivity contribution in [1.29, 1.82) is 5.26 Å². The van der Waals surface area contributed by atoms with Crippen molar-refractivity contribution in [1.82, 2.24) is 14.9 Å². The van der Waals surface area contributed by atoms with Crippen LogP contribution in [0.4, 0.5) is 17.3 Å². The Labute approximate surface area is 242 Å². The number of amides is 1. The molecule has 1 aromatic heterocycles. The van der Waals surface area contributed by atoms with E-state index in [1.807, 2.05) is 12.1 Å². The molecule has 4 rings (SSSR count). The van der Waals surface area contributed by atoms with Gasteiger partial charge in [0.2, 0.25) is 5.95 Å². The number of halogens is 1. The van der Waals surface area contributed by atoms with Crippen molar-refractivity contribution in [3.63, 3.8) is 0 Å². The first-order valence-electron chi connectivity index (χ1n) is 13.2. The number of anilines is 3. The summed E-state index contributed by atoms with van der Waals surface area (Å²) in [6.07, 6.45) is 1.65. The van der Waals surface area contributed by atoms with Gasteiger partial charge in [0.25, 0.3) is 5.91 Å². The maximum Gasteiger partial charge on any atom is 0.255 e. The molecule has 8 nitrogen and oxygen atoms in total. The van der Waals surface area contributed by atoms with Crippen LogP contribution in [-0.4, -0.2) is 56.3 Å². The number of carbonyl (C=O) groups excluding carboxylic acids is 1. The number of hydrogen-bond acceptors (Lipinski definition) is 7. The van der Waals surface area contributed by atoms with E-state index in [2.05, 4.69) is 68.5 Å². The first-order chi connectivity index (χ1) is 18.6. The van der Waals surface area contributed by atoms with E-state index in [-0.39, 0.29) is 16.4 Å². The fourth-order valence-electron chi connectivity index (χ4n) is 4.36. The van der Waals surface area contributed by atoms with Crippen molar-refractivity contribution in [2.45, 2.75) is 51.2 Å². The summed E-state index contributed by atoms with van der Waals surface area (Å²) in [6.45, 7) is 14.6. The molecule has 1 aliphatic heterocycles. The number of aromatic nitrogens is 2. The van der Waals surface area contributed by atoms with Gasteiger partial charge in [-0.05, 0) is 60.1 Å². The van der Waals surface area contributed by atoms with Gasteiger partial charge in [-0.1, -0.05) is 39.3 Å². The standard InChI is InChI=1S/C30H37ClN6O2Si/c1-29(2,3)40(7,8)39-18-30(4)17-34-26-20(16-32)13-19(14-23(26)30)24-11-12-33-28(35-24)36-25-15-21(31)9-10-22(25)27(38)37(5)6/h9-15,34H,17-18H2,1-8H3,(H,33,35,36). The first kappa shape index (κ1) is 29.5. The Morgan fingerprint density at radius 2 is 1.98 bits per heavy atom. The van der Waals surface area contributed by atoms with Gasteiger partial charge in [0.05, 0.1) is 28.2 Å². The maximum absolute atomic E-state index is 12.7. The largest absolute Gasteiger partial charge is 0.416 e. The number of fused-ring (bicyclic) bond motifs is 1. The van der Waals surface area contributed by atoms with Gasteiger partial charge >= 0.3 is 0 Å². The number of nitrogens with one attached hydrogen (secondary N) is 2. The molecule has 3 aromatic rings. The van der Waals surface area contributed by atoms with Crippen LogP contribution in [0, 0.1) is 11.3 Å². The average molecular weight is 577 g/mol. The van der Waals surface area contributed by atoms with Gasteiger partial charge < -0.3 is 20.0 Å². The molecular formula is C30H37ClN6O2Si. The Morgan fingerprint density at radius 3 is 2.62 bits per heavy atom. The highest BCUT2D eigenvalue weighted by atomic mass is 35.5. The van der Waals surface area contributed by atoms with Crippen LogP contribution < -0.4 is 10.6 Å². The monoisotopic (exact) mass is 576 g/mol. The zero-order valence-electron chi connectivity index (χ0n) is 24.4. The molecular weight excluding hydrogens is 540 g/mol. The van der Waals surface area contributed by atoms with Gasteiger partial charge in [0.15, 0.2) is 8.32 Å². The third-order valence-electron chi connectivity index (χ3n) is 7.94. The number of carbonyl (C=O) groups is 1. The Morgan fingerprint density at radius 1 is 1.25 bits per heavy atom. The molecule has 2 N–H and O–H groups in total. The topological polar surface area (TPSA) is 103 Å². The molecule has 0 saturated carbocycles. The van der Waals surface area contributed by atoms with E-state index in [0.717, 1.165) is 16.8 Å². The van der Waals surface area contributed by atoms with E-state index in [1.54, 1.807) is 38.5 Å². The number of nitrogens with zero attached hydrogens (tertiary/aromatic N) is 4. The van der Waals surface area contributed by atoms with Crippen LogP contribution >= 0.6 is 11.6 Å². The van der Waals surface area contributed by atoms with Crippen molar-refractivity contribution in [3.05, 3.63) is 64.3 Å². The van der Waals surface area contributed by atoms with Crippen LogP contribution in [-0.2, 0) is 9.84 Å². The van der Waals surface area contributed by atoms with Crippen LogP contribution in [0.5, 0.6) is 0 Å². The normalized spacial score (nSPS) is 16.6. The quantitative estimate of drug-likeness (QED) is 0.297. The molecule has 0 aliphatic carbocycles. The van der Waals surface area contributed by atoms with Gasteiger partial charge in [0, 0.05) is 49.4 Å². The summed E-state index contributed by atoms with van der Waals surface area (Å²) in [5, 5.41) is 17.2. The highest BCUT2D eigenvalue weighted by Gasteiger charge is 2.42. The van der Waals surface area contributed by atoms with Crippen LogP contribution in [0.2, 0.25) is 23.2 Å². The van der Waals surface area contributed by atoms with Gasteiger partial charge in [-0.3, -0.25) is 4.79 Å². The zero-order valence-corrected chi connectivity index (χ0v) is 26.2. The lowest BCUT2D eigenvalue weighted by molar-refractivity contribution is 0.0828. The van der Waals surface area contributed by atoms with Gasteiger partial charge in [-0.25, -0.2) is 9.97 Å². The van der Waals surface area contributed by atoms with Crippen molar-refractivity contribution in [2.75, 3.05) is 37.9 Å². The molecule has 0 bridgehead atoms. The van der Waals surface area contributed by atoms with E-state index in [0.29, 0.717) is 46.6 Å². The van der Waals surface area contributed by atoms with Gasteiger partial charge in [-0.2, -0.15) is 5.26 Å². The lowest BCUT2D eigenvalue weighted by Crippen LogP contribution is -2.45. The Hall–Kier alpha value is -3.45. The van der Waals surface area contributed by atoms with Crippen LogP contribution in [0.15, 0.2) is 42.6 Å². The Bertz CT molecular complexity index is 1490.